The summed E-state index contributed by atoms with van der Waals surface area (Å²) in [5.74, 6) is -0.198. The van der Waals surface area contributed by atoms with Gasteiger partial charge in [-0.15, -0.1) is 12.1 Å². The molecule has 0 spiro atoms. The van der Waals surface area contributed by atoms with Crippen molar-refractivity contribution in [3.8, 4) is 0 Å². The van der Waals surface area contributed by atoms with E-state index in [4.69, 9.17) is 0 Å². The first-order chi connectivity index (χ1) is 5.33. The maximum atomic E-state index is 10.7. The normalized spacial score (nSPS) is 8.00. The molecule has 1 aromatic carbocycles. The second kappa shape index (κ2) is 5.73. The van der Waals surface area contributed by atoms with Crippen LogP contribution >= 0.6 is 0 Å². The van der Waals surface area contributed by atoms with Crippen LogP contribution in [0, 0.1) is 6.07 Å². The summed E-state index contributed by atoms with van der Waals surface area (Å²) in [4.78, 5) is 10.7. The molecule has 3 heteroatoms. The zero-order chi connectivity index (χ0) is 8.10. The van der Waals surface area contributed by atoms with E-state index in [0.29, 0.717) is 0 Å². The molecule has 0 saturated carbocycles. The van der Waals surface area contributed by atoms with Crippen molar-refractivity contribution in [2.45, 2.75) is 0 Å². The smallest absolute Gasteiger partial charge is 0.245 e. The molecule has 1 rings (SSSR count). The van der Waals surface area contributed by atoms with Crippen LogP contribution in [0.3, 0.4) is 0 Å². The Morgan fingerprint density at radius 2 is 2.08 bits per heavy atom. The minimum Gasteiger partial charge on any atom is -0.346 e. The van der Waals surface area contributed by atoms with E-state index in [0.717, 1.165) is 5.69 Å². The van der Waals surface area contributed by atoms with Crippen molar-refractivity contribution in [2.75, 3.05) is 5.32 Å². The molecule has 62 valence electrons. The number of benzene rings is 1. The summed E-state index contributed by atoms with van der Waals surface area (Å²) < 4.78 is 0. The molecule has 0 aromatic heterocycles. The molecule has 0 aliphatic rings. The van der Waals surface area contributed by atoms with Gasteiger partial charge in [0.2, 0.25) is 5.91 Å². The van der Waals surface area contributed by atoms with Gasteiger partial charge in [0.25, 0.3) is 0 Å². The van der Waals surface area contributed by atoms with Gasteiger partial charge in [0.15, 0.2) is 0 Å². The number of nitrogens with one attached hydrogen (secondary N) is 1. The number of hydrogen-bond donors (Lipinski definition) is 1. The Bertz CT molecular complexity index is 258. The number of hydrogen-bond acceptors (Lipinski definition) is 1. The van der Waals surface area contributed by atoms with Crippen LogP contribution in [-0.4, -0.2) is 5.91 Å². The van der Waals surface area contributed by atoms with E-state index in [1.807, 2.05) is 0 Å². The Balaban J connectivity index is 0.00000121. The first-order valence-corrected chi connectivity index (χ1v) is 3.22. The molecule has 1 N–H and O–H groups in total. The van der Waals surface area contributed by atoms with Gasteiger partial charge in [-0.05, 0) is 6.08 Å². The average Bonchev–Trinajstić information content (AvgIpc) is 2.06. The Hall–Kier alpha value is -0.882. The maximum absolute atomic E-state index is 10.7. The zero-order valence-electron chi connectivity index (χ0n) is 6.41. The number of carbonyl (C=O) groups excluding carboxylic acids is 1. The number of amides is 1. The fourth-order valence-electron chi connectivity index (χ4n) is 0.664. The molecular weight excluding hydrogens is 322 g/mol. The van der Waals surface area contributed by atoms with Gasteiger partial charge < -0.3 is 5.32 Å². The Morgan fingerprint density at radius 1 is 1.50 bits per heavy atom. The van der Waals surface area contributed by atoms with Gasteiger partial charge in [-0.3, -0.25) is 4.79 Å². The molecule has 0 unspecified atom stereocenters. The minimum absolute atomic E-state index is 0. The van der Waals surface area contributed by atoms with E-state index in [1.165, 1.54) is 6.08 Å². The average molecular weight is 330 g/mol. The fourth-order valence-corrected chi connectivity index (χ4v) is 0.664. The Morgan fingerprint density at radius 3 is 2.58 bits per heavy atom. The second-order valence-corrected chi connectivity index (χ2v) is 1.98. The summed E-state index contributed by atoms with van der Waals surface area (Å²) in [6.45, 7) is 3.34. The van der Waals surface area contributed by atoms with E-state index < -0.39 is 0 Å². The van der Waals surface area contributed by atoms with E-state index in [9.17, 15) is 4.79 Å². The van der Waals surface area contributed by atoms with Crippen molar-refractivity contribution in [1.29, 1.82) is 0 Å². The van der Waals surface area contributed by atoms with E-state index >= 15 is 0 Å². The number of rotatable bonds is 2. The van der Waals surface area contributed by atoms with Gasteiger partial charge in [0, 0.05) is 21.1 Å². The zero-order valence-corrected chi connectivity index (χ0v) is 9.34. The number of anilines is 1. The van der Waals surface area contributed by atoms with Gasteiger partial charge in [-0.25, -0.2) is 0 Å². The monoisotopic (exact) mass is 330 g/mol. The molecule has 1 amide bonds. The fraction of sp³-hybridized carbons (Fsp3) is 0. The SMILES string of the molecule is C=CC(=O)Nc1cc[c-]cc1.[W]. The molecule has 0 heterocycles. The van der Waals surface area contributed by atoms with E-state index in [1.54, 1.807) is 24.3 Å². The molecule has 2 nitrogen and oxygen atoms in total. The van der Waals surface area contributed by atoms with Crippen LogP contribution in [0.1, 0.15) is 0 Å². The summed E-state index contributed by atoms with van der Waals surface area (Å²) in [7, 11) is 0. The molecule has 0 saturated heterocycles. The van der Waals surface area contributed by atoms with E-state index in [2.05, 4.69) is 18.0 Å². The van der Waals surface area contributed by atoms with Crippen molar-refractivity contribution in [3.63, 3.8) is 0 Å². The van der Waals surface area contributed by atoms with Gasteiger partial charge in [0.05, 0.1) is 0 Å². The summed E-state index contributed by atoms with van der Waals surface area (Å²) in [6, 6.07) is 9.85. The first kappa shape index (κ1) is 11.1. The summed E-state index contributed by atoms with van der Waals surface area (Å²) in [5.41, 5.74) is 0.758. The predicted octanol–water partition coefficient (Wildman–Crippen LogP) is 1.61. The molecule has 0 aliphatic carbocycles. The summed E-state index contributed by atoms with van der Waals surface area (Å²) in [5, 5.41) is 2.61. The van der Waals surface area contributed by atoms with Crippen molar-refractivity contribution >= 4 is 11.6 Å². The third-order valence-electron chi connectivity index (χ3n) is 1.17. The molecule has 1 aromatic rings. The van der Waals surface area contributed by atoms with Gasteiger partial charge in [-0.2, -0.15) is 18.2 Å². The number of carbonyl (C=O) groups is 1. The quantitative estimate of drug-likeness (QED) is 0.648. The molecule has 0 fully saturated rings. The Labute approximate surface area is 85.9 Å². The third-order valence-corrected chi connectivity index (χ3v) is 1.17. The Kier molecular flexibility index (Phi) is 5.31. The van der Waals surface area contributed by atoms with Crippen molar-refractivity contribution < 1.29 is 25.9 Å². The molecule has 0 aliphatic heterocycles. The molecule has 0 radical (unpaired) electrons. The van der Waals surface area contributed by atoms with Gasteiger partial charge >= 0.3 is 0 Å². The van der Waals surface area contributed by atoms with E-state index in [-0.39, 0.29) is 27.0 Å². The van der Waals surface area contributed by atoms with Crippen LogP contribution in [0.15, 0.2) is 36.9 Å². The molecular formula is C9H8NOW-. The van der Waals surface area contributed by atoms with Crippen LogP contribution in [-0.2, 0) is 25.9 Å². The maximum Gasteiger partial charge on any atom is 0.245 e. The van der Waals surface area contributed by atoms with Crippen LogP contribution in [0.25, 0.3) is 0 Å². The van der Waals surface area contributed by atoms with Crippen LogP contribution in [0.5, 0.6) is 0 Å². The van der Waals surface area contributed by atoms with Crippen molar-refractivity contribution in [3.05, 3.63) is 43.0 Å². The first-order valence-electron chi connectivity index (χ1n) is 3.22. The van der Waals surface area contributed by atoms with Gasteiger partial charge in [0.1, 0.15) is 0 Å². The van der Waals surface area contributed by atoms with Gasteiger partial charge in [-0.1, -0.05) is 12.3 Å². The minimum atomic E-state index is -0.198. The van der Waals surface area contributed by atoms with Crippen LogP contribution in [0.2, 0.25) is 0 Å². The topological polar surface area (TPSA) is 29.1 Å². The van der Waals surface area contributed by atoms with Crippen LogP contribution in [0.4, 0.5) is 5.69 Å². The third kappa shape index (κ3) is 3.49. The molecule has 0 atom stereocenters. The van der Waals surface area contributed by atoms with Crippen molar-refractivity contribution in [2.24, 2.45) is 0 Å². The van der Waals surface area contributed by atoms with Crippen molar-refractivity contribution in [1.82, 2.24) is 0 Å². The largest absolute Gasteiger partial charge is 0.346 e. The predicted molar refractivity (Wildman–Crippen MR) is 44.1 cm³/mol. The van der Waals surface area contributed by atoms with Crippen LogP contribution < -0.4 is 5.32 Å². The summed E-state index contributed by atoms with van der Waals surface area (Å²) in [6.07, 6.45) is 1.23. The molecule has 0 bridgehead atoms. The second-order valence-electron chi connectivity index (χ2n) is 1.98. The molecule has 12 heavy (non-hydrogen) atoms. The standard InChI is InChI=1S/C9H8NO.W/c1-2-9(11)10-8-6-4-3-5-7-8;/h2,4-7H,1H2,(H,10,11);/q-1;. The summed E-state index contributed by atoms with van der Waals surface area (Å²) >= 11 is 0.